The number of nitrogens with one attached hydrogen (secondary N) is 1. The van der Waals surface area contributed by atoms with Crippen LogP contribution in [0, 0.1) is 6.92 Å². The molecule has 0 unspecified atom stereocenters. The Morgan fingerprint density at radius 2 is 1.96 bits per heavy atom. The van der Waals surface area contributed by atoms with E-state index in [-0.39, 0.29) is 0 Å². The van der Waals surface area contributed by atoms with Crippen LogP contribution in [0.3, 0.4) is 0 Å². The first-order valence-electron chi connectivity index (χ1n) is 8.97. The Bertz CT molecular complexity index is 1350. The molecule has 6 heteroatoms. The Morgan fingerprint density at radius 3 is 2.82 bits per heavy atom. The summed E-state index contributed by atoms with van der Waals surface area (Å²) in [5.41, 5.74) is 5.76. The van der Waals surface area contributed by atoms with Gasteiger partial charge in [0, 0.05) is 17.5 Å². The molecule has 0 aliphatic heterocycles. The summed E-state index contributed by atoms with van der Waals surface area (Å²) in [6.45, 7) is 2.49. The molecule has 0 bridgehead atoms. The van der Waals surface area contributed by atoms with Crippen LogP contribution in [0.25, 0.3) is 28.0 Å². The van der Waals surface area contributed by atoms with Gasteiger partial charge in [0.05, 0.1) is 11.2 Å². The fraction of sp³-hybridized carbons (Fsp3) is 0.0909. The molecular formula is C22H17N3O3. The predicted octanol–water partition coefficient (Wildman–Crippen LogP) is 4.32. The van der Waals surface area contributed by atoms with Gasteiger partial charge in [-0.3, -0.25) is 4.98 Å². The molecule has 0 amide bonds. The third-order valence-electron chi connectivity index (χ3n) is 4.78. The van der Waals surface area contributed by atoms with Crippen LogP contribution in [0.4, 0.5) is 0 Å². The minimum absolute atomic E-state index is 0.463. The van der Waals surface area contributed by atoms with Crippen LogP contribution in [-0.2, 0) is 6.61 Å². The van der Waals surface area contributed by atoms with Crippen molar-refractivity contribution in [2.75, 3.05) is 0 Å². The number of benzene rings is 2. The van der Waals surface area contributed by atoms with Gasteiger partial charge >= 0.3 is 5.76 Å². The molecule has 0 radical (unpaired) electrons. The van der Waals surface area contributed by atoms with E-state index in [0.717, 1.165) is 33.9 Å². The fourth-order valence-electron chi connectivity index (χ4n) is 3.38. The third-order valence-corrected chi connectivity index (χ3v) is 4.78. The van der Waals surface area contributed by atoms with Crippen LogP contribution < -0.4 is 10.5 Å². The van der Waals surface area contributed by atoms with Crippen LogP contribution in [0.2, 0.25) is 0 Å². The largest absolute Gasteiger partial charge is 0.485 e. The van der Waals surface area contributed by atoms with Crippen LogP contribution in [0.1, 0.15) is 11.3 Å². The Kier molecular flexibility index (Phi) is 3.76. The molecular weight excluding hydrogens is 354 g/mol. The molecule has 0 saturated heterocycles. The summed E-state index contributed by atoms with van der Waals surface area (Å²) < 4.78 is 13.1. The molecule has 0 fully saturated rings. The van der Waals surface area contributed by atoms with E-state index in [9.17, 15) is 4.79 Å². The Balaban J connectivity index is 1.56. The minimum atomic E-state index is -0.463. The van der Waals surface area contributed by atoms with Crippen LogP contribution >= 0.6 is 0 Å². The van der Waals surface area contributed by atoms with Gasteiger partial charge in [0.1, 0.15) is 6.61 Å². The van der Waals surface area contributed by atoms with E-state index in [4.69, 9.17) is 14.1 Å². The van der Waals surface area contributed by atoms with E-state index in [1.165, 1.54) is 0 Å². The lowest BCUT2D eigenvalue weighted by Crippen LogP contribution is -1.97. The van der Waals surface area contributed by atoms with E-state index in [1.807, 2.05) is 72.1 Å². The number of aromatic amines is 1. The molecule has 0 saturated carbocycles. The topological polar surface area (TPSA) is 72.5 Å². The van der Waals surface area contributed by atoms with Crippen molar-refractivity contribution < 1.29 is 9.15 Å². The van der Waals surface area contributed by atoms with Gasteiger partial charge in [0.25, 0.3) is 0 Å². The molecule has 0 atom stereocenters. The Labute approximate surface area is 160 Å². The molecule has 28 heavy (non-hydrogen) atoms. The maximum Gasteiger partial charge on any atom is 0.417 e. The predicted molar refractivity (Wildman–Crippen MR) is 107 cm³/mol. The highest BCUT2D eigenvalue weighted by Crippen LogP contribution is 2.30. The van der Waals surface area contributed by atoms with Gasteiger partial charge in [-0.25, -0.2) is 9.78 Å². The van der Waals surface area contributed by atoms with E-state index >= 15 is 0 Å². The number of nitrogens with zero attached hydrogens (tertiary/aromatic N) is 2. The maximum atomic E-state index is 11.4. The van der Waals surface area contributed by atoms with Gasteiger partial charge < -0.3 is 13.6 Å². The number of aryl methyl sites for hydroxylation is 1. The van der Waals surface area contributed by atoms with Crippen molar-refractivity contribution in [3.63, 3.8) is 0 Å². The number of ether oxygens (including phenoxy) is 1. The molecule has 2 aromatic carbocycles. The molecule has 0 aliphatic carbocycles. The first-order valence-corrected chi connectivity index (χ1v) is 8.97. The second kappa shape index (κ2) is 6.42. The van der Waals surface area contributed by atoms with Crippen LogP contribution in [-0.4, -0.2) is 14.4 Å². The Morgan fingerprint density at radius 1 is 1.11 bits per heavy atom. The van der Waals surface area contributed by atoms with Gasteiger partial charge in [-0.05, 0) is 42.8 Å². The number of fused-ring (bicyclic) bond motifs is 2. The lowest BCUT2D eigenvalue weighted by Gasteiger charge is -2.07. The van der Waals surface area contributed by atoms with Gasteiger partial charge in [0.2, 0.25) is 0 Å². The zero-order chi connectivity index (χ0) is 19.1. The normalized spacial score (nSPS) is 11.3. The molecule has 1 N–H and O–H groups in total. The average molecular weight is 371 g/mol. The maximum absolute atomic E-state index is 11.4. The Hall–Kier alpha value is -3.80. The number of H-pyrrole nitrogens is 1. The number of aromatic nitrogens is 3. The van der Waals surface area contributed by atoms with Crippen LogP contribution in [0.15, 0.2) is 76.1 Å². The summed E-state index contributed by atoms with van der Waals surface area (Å²) in [5.74, 6) is 0.258. The summed E-state index contributed by atoms with van der Waals surface area (Å²) in [5, 5.41) is 0. The third kappa shape index (κ3) is 2.75. The first kappa shape index (κ1) is 16.4. The zero-order valence-corrected chi connectivity index (χ0v) is 15.2. The number of pyridine rings is 1. The molecule has 138 valence electrons. The molecule has 0 spiro atoms. The summed E-state index contributed by atoms with van der Waals surface area (Å²) in [6, 6.07) is 19.5. The summed E-state index contributed by atoms with van der Waals surface area (Å²) in [6.07, 6.45) is 1.97. The van der Waals surface area contributed by atoms with Crippen molar-refractivity contribution in [1.29, 1.82) is 0 Å². The van der Waals surface area contributed by atoms with Crippen molar-refractivity contribution in [3.05, 3.63) is 88.7 Å². The standard InChI is InChI=1S/C22H17N3O3/c1-14-20(16-9-10-18-17(12-16)23-22(26)28-18)24-21-19(8-5-11-25(14)21)27-13-15-6-3-2-4-7-15/h2-12H,13H2,1H3,(H,23,26). The monoisotopic (exact) mass is 371 g/mol. The number of rotatable bonds is 4. The highest BCUT2D eigenvalue weighted by atomic mass is 16.5. The minimum Gasteiger partial charge on any atom is -0.485 e. The van der Waals surface area contributed by atoms with E-state index in [2.05, 4.69) is 4.98 Å². The average Bonchev–Trinajstić information content (AvgIpc) is 3.26. The van der Waals surface area contributed by atoms with E-state index < -0.39 is 5.76 Å². The van der Waals surface area contributed by atoms with Gasteiger partial charge in [0.15, 0.2) is 17.0 Å². The van der Waals surface area contributed by atoms with E-state index in [0.29, 0.717) is 17.7 Å². The molecule has 6 nitrogen and oxygen atoms in total. The number of hydrogen-bond acceptors (Lipinski definition) is 4. The van der Waals surface area contributed by atoms with Crippen LogP contribution in [0.5, 0.6) is 5.75 Å². The molecule has 0 aliphatic rings. The molecule has 5 aromatic rings. The first-order chi connectivity index (χ1) is 13.7. The number of oxazole rings is 1. The summed E-state index contributed by atoms with van der Waals surface area (Å²) in [4.78, 5) is 18.9. The summed E-state index contributed by atoms with van der Waals surface area (Å²) >= 11 is 0. The van der Waals surface area contributed by atoms with Crippen molar-refractivity contribution in [2.45, 2.75) is 13.5 Å². The number of hydrogen-bond donors (Lipinski definition) is 1. The number of imidazole rings is 1. The molecule has 3 heterocycles. The second-order valence-corrected chi connectivity index (χ2v) is 6.61. The van der Waals surface area contributed by atoms with Gasteiger partial charge in [-0.2, -0.15) is 0 Å². The van der Waals surface area contributed by atoms with Crippen molar-refractivity contribution in [2.24, 2.45) is 0 Å². The quantitative estimate of drug-likeness (QED) is 0.511. The highest BCUT2D eigenvalue weighted by Gasteiger charge is 2.15. The van der Waals surface area contributed by atoms with Gasteiger partial charge in [-0.1, -0.05) is 30.3 Å². The van der Waals surface area contributed by atoms with Crippen molar-refractivity contribution in [3.8, 4) is 17.0 Å². The summed E-state index contributed by atoms with van der Waals surface area (Å²) in [7, 11) is 0. The van der Waals surface area contributed by atoms with E-state index in [1.54, 1.807) is 6.07 Å². The highest BCUT2D eigenvalue weighted by molar-refractivity contribution is 5.80. The lowest BCUT2D eigenvalue weighted by atomic mass is 10.1. The van der Waals surface area contributed by atoms with Gasteiger partial charge in [-0.15, -0.1) is 0 Å². The lowest BCUT2D eigenvalue weighted by molar-refractivity contribution is 0.308. The van der Waals surface area contributed by atoms with Crippen molar-refractivity contribution >= 4 is 16.7 Å². The fourth-order valence-corrected chi connectivity index (χ4v) is 3.38. The smallest absolute Gasteiger partial charge is 0.417 e. The zero-order valence-electron chi connectivity index (χ0n) is 15.2. The second-order valence-electron chi connectivity index (χ2n) is 6.61. The molecule has 3 aromatic heterocycles. The molecule has 5 rings (SSSR count). The van der Waals surface area contributed by atoms with Crippen molar-refractivity contribution in [1.82, 2.24) is 14.4 Å². The SMILES string of the molecule is Cc1c(-c2ccc3oc(=O)[nH]c3c2)nc2c(OCc3ccccc3)cccn12.